The summed E-state index contributed by atoms with van der Waals surface area (Å²) in [5.41, 5.74) is -0.877. The molecule has 1 aliphatic rings. The van der Waals surface area contributed by atoms with Gasteiger partial charge in [0.05, 0.1) is 19.1 Å². The van der Waals surface area contributed by atoms with Gasteiger partial charge in [0.25, 0.3) is 5.92 Å². The number of halogens is 3. The molecule has 0 heterocycles. The van der Waals surface area contributed by atoms with Crippen LogP contribution in [0.15, 0.2) is 0 Å². The minimum atomic E-state index is -2.54. The molecule has 2 nitrogen and oxygen atoms in total. The highest BCUT2D eigenvalue weighted by molar-refractivity contribution is 5.85. The lowest BCUT2D eigenvalue weighted by atomic mass is 10.1. The molecule has 16 heavy (non-hydrogen) atoms. The van der Waals surface area contributed by atoms with Gasteiger partial charge in [0, 0.05) is 18.0 Å². The Morgan fingerprint density at radius 1 is 1.31 bits per heavy atom. The van der Waals surface area contributed by atoms with Crippen molar-refractivity contribution in [2.45, 2.75) is 39.7 Å². The van der Waals surface area contributed by atoms with Crippen LogP contribution in [0.25, 0.3) is 0 Å². The summed E-state index contributed by atoms with van der Waals surface area (Å²) >= 11 is 0. The number of alkyl halides is 2. The van der Waals surface area contributed by atoms with E-state index in [1.165, 1.54) is 0 Å². The van der Waals surface area contributed by atoms with E-state index in [2.05, 4.69) is 5.32 Å². The first-order valence-electron chi connectivity index (χ1n) is 5.49. The van der Waals surface area contributed by atoms with Crippen molar-refractivity contribution in [3.8, 4) is 0 Å². The Labute approximate surface area is 103 Å². The van der Waals surface area contributed by atoms with Crippen LogP contribution in [0.5, 0.6) is 0 Å². The first-order chi connectivity index (χ1) is 6.80. The van der Waals surface area contributed by atoms with Crippen molar-refractivity contribution in [1.29, 1.82) is 0 Å². The van der Waals surface area contributed by atoms with Crippen LogP contribution in [0.3, 0.4) is 0 Å². The molecule has 1 rings (SSSR count). The second-order valence-corrected chi connectivity index (χ2v) is 5.08. The summed E-state index contributed by atoms with van der Waals surface area (Å²) < 4.78 is 31.5. The zero-order valence-corrected chi connectivity index (χ0v) is 11.2. The van der Waals surface area contributed by atoms with Gasteiger partial charge >= 0.3 is 0 Å². The molecule has 1 aliphatic carbocycles. The molecule has 1 N–H and O–H groups in total. The molecular weight excluding hydrogens is 236 g/mol. The maximum absolute atomic E-state index is 13.1. The van der Waals surface area contributed by atoms with E-state index in [0.29, 0.717) is 12.6 Å². The number of nitrogens with one attached hydrogen (secondary N) is 1. The Bertz CT molecular complexity index is 208. The lowest BCUT2D eigenvalue weighted by molar-refractivity contribution is 0.0453. The first kappa shape index (κ1) is 16.1. The summed E-state index contributed by atoms with van der Waals surface area (Å²) in [6, 6.07) is 0.410. The highest BCUT2D eigenvalue weighted by Gasteiger charge is 2.74. The lowest BCUT2D eigenvalue weighted by Gasteiger charge is -2.08. The summed E-state index contributed by atoms with van der Waals surface area (Å²) in [7, 11) is 0. The van der Waals surface area contributed by atoms with Crippen molar-refractivity contribution < 1.29 is 13.5 Å². The van der Waals surface area contributed by atoms with Gasteiger partial charge in [0.1, 0.15) is 0 Å². The number of hydrogen-bond donors (Lipinski definition) is 1. The van der Waals surface area contributed by atoms with E-state index in [0.717, 1.165) is 6.54 Å². The Hall–Kier alpha value is 0.0700. The van der Waals surface area contributed by atoms with Gasteiger partial charge in [-0.1, -0.05) is 27.7 Å². The van der Waals surface area contributed by atoms with Crippen LogP contribution in [-0.4, -0.2) is 31.7 Å². The van der Waals surface area contributed by atoms with Crippen LogP contribution < -0.4 is 5.32 Å². The van der Waals surface area contributed by atoms with E-state index in [1.54, 1.807) is 13.8 Å². The molecule has 0 radical (unpaired) electrons. The quantitative estimate of drug-likeness (QED) is 0.739. The third-order valence-electron chi connectivity index (χ3n) is 3.17. The van der Waals surface area contributed by atoms with E-state index in [4.69, 9.17) is 4.74 Å². The van der Waals surface area contributed by atoms with E-state index in [9.17, 15) is 8.78 Å². The van der Waals surface area contributed by atoms with Gasteiger partial charge in [-0.05, 0) is 0 Å². The second kappa shape index (κ2) is 5.61. The summed E-state index contributed by atoms with van der Waals surface area (Å²) in [4.78, 5) is 0. The minimum Gasteiger partial charge on any atom is -0.380 e. The average molecular weight is 258 g/mol. The second-order valence-electron chi connectivity index (χ2n) is 5.08. The van der Waals surface area contributed by atoms with Gasteiger partial charge in [-0.25, -0.2) is 8.78 Å². The van der Waals surface area contributed by atoms with Crippen molar-refractivity contribution >= 4 is 12.4 Å². The maximum atomic E-state index is 13.1. The summed E-state index contributed by atoms with van der Waals surface area (Å²) in [6.45, 7) is 8.65. The van der Waals surface area contributed by atoms with E-state index >= 15 is 0 Å². The van der Waals surface area contributed by atoms with E-state index in [1.807, 2.05) is 13.8 Å². The summed E-state index contributed by atoms with van der Waals surface area (Å²) in [5, 5.41) is 3.17. The van der Waals surface area contributed by atoms with Crippen LogP contribution in [0.2, 0.25) is 0 Å². The lowest BCUT2D eigenvalue weighted by Crippen LogP contribution is -2.27. The van der Waals surface area contributed by atoms with E-state index in [-0.39, 0.29) is 19.0 Å². The van der Waals surface area contributed by atoms with Crippen LogP contribution in [0, 0.1) is 11.3 Å². The molecule has 5 heteroatoms. The van der Waals surface area contributed by atoms with Crippen LogP contribution in [0.1, 0.15) is 27.7 Å². The van der Waals surface area contributed by atoms with Gasteiger partial charge < -0.3 is 10.1 Å². The molecule has 1 atom stereocenters. The predicted octanol–water partition coefficient (Wildman–Crippen LogP) is 2.71. The molecule has 0 saturated heterocycles. The predicted molar refractivity (Wildman–Crippen MR) is 63.4 cm³/mol. The van der Waals surface area contributed by atoms with E-state index < -0.39 is 17.3 Å². The van der Waals surface area contributed by atoms with Crippen LogP contribution >= 0.6 is 12.4 Å². The van der Waals surface area contributed by atoms with Crippen molar-refractivity contribution in [2.24, 2.45) is 11.3 Å². The molecule has 1 unspecified atom stereocenters. The maximum Gasteiger partial charge on any atom is 0.259 e. The summed E-state index contributed by atoms with van der Waals surface area (Å²) in [5.74, 6) is -3.15. The van der Waals surface area contributed by atoms with Gasteiger partial charge in [-0.15, -0.1) is 12.4 Å². The highest BCUT2D eigenvalue weighted by atomic mass is 35.5. The molecule has 0 amide bonds. The highest BCUT2D eigenvalue weighted by Crippen LogP contribution is 2.65. The Kier molecular flexibility index (Phi) is 5.63. The smallest absolute Gasteiger partial charge is 0.259 e. The molecule has 1 saturated carbocycles. The number of rotatable bonds is 6. The van der Waals surface area contributed by atoms with Crippen molar-refractivity contribution in [3.63, 3.8) is 0 Å². The zero-order chi connectivity index (χ0) is 11.7. The Balaban J connectivity index is 0.00000225. The molecule has 98 valence electrons. The molecule has 1 fully saturated rings. The average Bonchev–Trinajstić information content (AvgIpc) is 2.45. The molecule has 0 aromatic rings. The van der Waals surface area contributed by atoms with Crippen molar-refractivity contribution in [2.75, 3.05) is 19.8 Å². The first-order valence-corrected chi connectivity index (χ1v) is 5.49. The van der Waals surface area contributed by atoms with Crippen LogP contribution in [0.4, 0.5) is 8.78 Å². The Morgan fingerprint density at radius 3 is 2.19 bits per heavy atom. The molecule has 0 aromatic heterocycles. The fraction of sp³-hybridized carbons (Fsp3) is 1.00. The van der Waals surface area contributed by atoms with Crippen molar-refractivity contribution in [1.82, 2.24) is 5.32 Å². The van der Waals surface area contributed by atoms with Gasteiger partial charge in [-0.3, -0.25) is 0 Å². The molecule has 0 aliphatic heterocycles. The molecular formula is C11H22ClF2NO. The standard InChI is InChI=1S/C11H21F2NO.ClH/c1-8(2)14-5-6-15-7-9-10(3,4)11(9,12)13;/h8-9,14H,5-7H2,1-4H3;1H. The Morgan fingerprint density at radius 2 is 1.81 bits per heavy atom. The third-order valence-corrected chi connectivity index (χ3v) is 3.17. The van der Waals surface area contributed by atoms with Gasteiger partial charge in [0.2, 0.25) is 0 Å². The fourth-order valence-electron chi connectivity index (χ4n) is 1.69. The van der Waals surface area contributed by atoms with Crippen LogP contribution in [-0.2, 0) is 4.74 Å². The normalized spacial score (nSPS) is 25.3. The third kappa shape index (κ3) is 3.28. The molecule has 0 aromatic carbocycles. The SMILES string of the molecule is CC(C)NCCOCC1C(C)(C)C1(F)F.Cl. The molecule has 0 bridgehead atoms. The minimum absolute atomic E-state index is 0. The van der Waals surface area contributed by atoms with Crippen molar-refractivity contribution in [3.05, 3.63) is 0 Å². The number of hydrogen-bond acceptors (Lipinski definition) is 2. The van der Waals surface area contributed by atoms with Gasteiger partial charge in [0.15, 0.2) is 0 Å². The fourth-order valence-corrected chi connectivity index (χ4v) is 1.69. The van der Waals surface area contributed by atoms with Gasteiger partial charge in [-0.2, -0.15) is 0 Å². The molecule has 0 spiro atoms. The topological polar surface area (TPSA) is 21.3 Å². The summed E-state index contributed by atoms with van der Waals surface area (Å²) in [6.07, 6.45) is 0. The zero-order valence-electron chi connectivity index (χ0n) is 10.3. The largest absolute Gasteiger partial charge is 0.380 e. The number of ether oxygens (including phenoxy) is 1. The monoisotopic (exact) mass is 257 g/mol.